The second-order valence-electron chi connectivity index (χ2n) is 2.70. The summed E-state index contributed by atoms with van der Waals surface area (Å²) >= 11 is 0. The Labute approximate surface area is 67.2 Å². The lowest BCUT2D eigenvalue weighted by molar-refractivity contribution is 0.380. The molecule has 0 fully saturated rings. The van der Waals surface area contributed by atoms with Gasteiger partial charge in [0.15, 0.2) is 0 Å². The smallest absolute Gasteiger partial charge is 0.305 e. The molecule has 0 aromatic rings. The summed E-state index contributed by atoms with van der Waals surface area (Å²) in [7, 11) is -3.29. The van der Waals surface area contributed by atoms with Crippen molar-refractivity contribution >= 4 is 10.1 Å². The van der Waals surface area contributed by atoms with Crippen LogP contribution in [0.2, 0.25) is 0 Å². The Hall–Kier alpha value is -0.510. The van der Waals surface area contributed by atoms with E-state index in [2.05, 4.69) is 0 Å². The highest BCUT2D eigenvalue weighted by Gasteiger charge is 2.09. The van der Waals surface area contributed by atoms with Crippen molar-refractivity contribution in [1.29, 1.82) is 0 Å². The maximum absolute atomic E-state index is 10.6. The highest BCUT2D eigenvalue weighted by atomic mass is 32.2. The van der Waals surface area contributed by atoms with Gasteiger partial charge in [0.1, 0.15) is 5.76 Å². The molecule has 0 aromatic carbocycles. The SMILES string of the molecule is CS(=O)(=O)OC1=CCCCC1. The zero-order valence-corrected chi connectivity index (χ0v) is 7.36. The predicted molar refractivity (Wildman–Crippen MR) is 42.5 cm³/mol. The van der Waals surface area contributed by atoms with Gasteiger partial charge in [0.2, 0.25) is 0 Å². The van der Waals surface area contributed by atoms with Crippen LogP contribution in [0, 0.1) is 0 Å². The first kappa shape index (κ1) is 8.59. The molecule has 0 bridgehead atoms. The normalized spacial score (nSPS) is 19.2. The molecule has 0 amide bonds. The summed E-state index contributed by atoms with van der Waals surface area (Å²) in [5, 5.41) is 0. The van der Waals surface area contributed by atoms with E-state index in [0.29, 0.717) is 5.76 Å². The molecule has 0 N–H and O–H groups in total. The molecule has 0 radical (unpaired) electrons. The van der Waals surface area contributed by atoms with E-state index in [1.807, 2.05) is 6.08 Å². The highest BCUT2D eigenvalue weighted by Crippen LogP contribution is 2.19. The lowest BCUT2D eigenvalue weighted by atomic mass is 10.1. The average molecular weight is 176 g/mol. The first-order valence-corrected chi connectivity index (χ1v) is 5.48. The van der Waals surface area contributed by atoms with E-state index < -0.39 is 10.1 Å². The van der Waals surface area contributed by atoms with Gasteiger partial charge < -0.3 is 4.18 Å². The van der Waals surface area contributed by atoms with Crippen LogP contribution in [0.25, 0.3) is 0 Å². The fourth-order valence-electron chi connectivity index (χ4n) is 1.08. The molecule has 1 aliphatic carbocycles. The van der Waals surface area contributed by atoms with E-state index in [1.54, 1.807) is 0 Å². The van der Waals surface area contributed by atoms with Gasteiger partial charge in [-0.15, -0.1) is 0 Å². The Kier molecular flexibility index (Phi) is 2.54. The lowest BCUT2D eigenvalue weighted by Gasteiger charge is -2.11. The van der Waals surface area contributed by atoms with Crippen molar-refractivity contribution in [3.8, 4) is 0 Å². The summed E-state index contributed by atoms with van der Waals surface area (Å²) in [5.74, 6) is 0.610. The number of rotatable bonds is 2. The molecule has 4 heteroatoms. The van der Waals surface area contributed by atoms with Crippen molar-refractivity contribution in [2.45, 2.75) is 25.7 Å². The summed E-state index contributed by atoms with van der Waals surface area (Å²) in [5.41, 5.74) is 0. The van der Waals surface area contributed by atoms with Crippen molar-refractivity contribution in [2.75, 3.05) is 6.26 Å². The van der Waals surface area contributed by atoms with Crippen LogP contribution in [0.1, 0.15) is 25.7 Å². The molecule has 0 unspecified atom stereocenters. The summed E-state index contributed by atoms with van der Waals surface area (Å²) in [6, 6.07) is 0. The molecule has 1 aliphatic rings. The van der Waals surface area contributed by atoms with Crippen molar-refractivity contribution in [3.63, 3.8) is 0 Å². The molecule has 3 nitrogen and oxygen atoms in total. The Morgan fingerprint density at radius 3 is 2.64 bits per heavy atom. The number of allylic oxidation sites excluding steroid dienone is 2. The van der Waals surface area contributed by atoms with Crippen LogP contribution >= 0.6 is 0 Å². The molecule has 0 aromatic heterocycles. The maximum atomic E-state index is 10.6. The topological polar surface area (TPSA) is 43.4 Å². The standard InChI is InChI=1S/C7H12O3S/c1-11(8,9)10-7-5-3-2-4-6-7/h5H,2-4,6H2,1H3. The van der Waals surface area contributed by atoms with Crippen molar-refractivity contribution in [1.82, 2.24) is 0 Å². The summed E-state index contributed by atoms with van der Waals surface area (Å²) in [4.78, 5) is 0. The minimum atomic E-state index is -3.29. The average Bonchev–Trinajstić information content (AvgIpc) is 1.85. The van der Waals surface area contributed by atoms with Gasteiger partial charge in [0.05, 0.1) is 6.26 Å². The van der Waals surface area contributed by atoms with Crippen LogP contribution in [0.4, 0.5) is 0 Å². The molecule has 0 aliphatic heterocycles. The summed E-state index contributed by atoms with van der Waals surface area (Å²) in [6.07, 6.45) is 6.78. The molecule has 11 heavy (non-hydrogen) atoms. The quantitative estimate of drug-likeness (QED) is 0.598. The largest absolute Gasteiger partial charge is 0.387 e. The lowest BCUT2D eigenvalue weighted by Crippen LogP contribution is -2.04. The van der Waals surface area contributed by atoms with Crippen LogP contribution in [0.3, 0.4) is 0 Å². The van der Waals surface area contributed by atoms with Gasteiger partial charge in [-0.2, -0.15) is 8.42 Å². The monoisotopic (exact) mass is 176 g/mol. The fourth-order valence-corrected chi connectivity index (χ4v) is 1.62. The van der Waals surface area contributed by atoms with E-state index in [-0.39, 0.29) is 0 Å². The molecule has 1 rings (SSSR count). The fraction of sp³-hybridized carbons (Fsp3) is 0.714. The highest BCUT2D eigenvalue weighted by molar-refractivity contribution is 7.86. The van der Waals surface area contributed by atoms with Gasteiger partial charge in [-0.05, 0) is 25.3 Å². The Morgan fingerprint density at radius 1 is 1.45 bits per heavy atom. The Balaban J connectivity index is 2.55. The van der Waals surface area contributed by atoms with E-state index in [0.717, 1.165) is 31.9 Å². The van der Waals surface area contributed by atoms with Crippen molar-refractivity contribution < 1.29 is 12.6 Å². The number of hydrogen-bond acceptors (Lipinski definition) is 3. The third kappa shape index (κ3) is 3.41. The maximum Gasteiger partial charge on any atom is 0.305 e. The Morgan fingerprint density at radius 2 is 2.18 bits per heavy atom. The van der Waals surface area contributed by atoms with Crippen LogP contribution < -0.4 is 0 Å². The van der Waals surface area contributed by atoms with Gasteiger partial charge >= 0.3 is 10.1 Å². The van der Waals surface area contributed by atoms with Crippen molar-refractivity contribution in [3.05, 3.63) is 11.8 Å². The third-order valence-electron chi connectivity index (χ3n) is 1.51. The zero-order valence-electron chi connectivity index (χ0n) is 6.54. The summed E-state index contributed by atoms with van der Waals surface area (Å²) < 4.78 is 26.0. The van der Waals surface area contributed by atoms with Gasteiger partial charge in [0, 0.05) is 6.42 Å². The van der Waals surface area contributed by atoms with Crippen LogP contribution in [0.5, 0.6) is 0 Å². The predicted octanol–water partition coefficient (Wildman–Crippen LogP) is 1.42. The van der Waals surface area contributed by atoms with Gasteiger partial charge in [-0.3, -0.25) is 0 Å². The first-order valence-electron chi connectivity index (χ1n) is 3.66. The molecule has 0 saturated carbocycles. The van der Waals surface area contributed by atoms with E-state index in [4.69, 9.17) is 4.18 Å². The Bertz CT molecular complexity index is 251. The second-order valence-corrected chi connectivity index (χ2v) is 4.28. The molecule has 0 spiro atoms. The third-order valence-corrected chi connectivity index (χ3v) is 2.02. The molecular weight excluding hydrogens is 164 g/mol. The van der Waals surface area contributed by atoms with Gasteiger partial charge in [0.25, 0.3) is 0 Å². The number of hydrogen-bond donors (Lipinski definition) is 0. The first-order chi connectivity index (χ1) is 5.08. The van der Waals surface area contributed by atoms with Gasteiger partial charge in [-0.1, -0.05) is 0 Å². The van der Waals surface area contributed by atoms with Crippen LogP contribution in [0.15, 0.2) is 11.8 Å². The minimum absolute atomic E-state index is 0.610. The van der Waals surface area contributed by atoms with Crippen LogP contribution in [-0.4, -0.2) is 14.7 Å². The summed E-state index contributed by atoms with van der Waals surface area (Å²) in [6.45, 7) is 0. The van der Waals surface area contributed by atoms with E-state index in [1.165, 1.54) is 0 Å². The van der Waals surface area contributed by atoms with Crippen LogP contribution in [-0.2, 0) is 14.3 Å². The molecular formula is C7H12O3S. The zero-order chi connectivity index (χ0) is 8.32. The molecule has 64 valence electrons. The van der Waals surface area contributed by atoms with Crippen molar-refractivity contribution in [2.24, 2.45) is 0 Å². The molecule has 0 atom stereocenters. The van der Waals surface area contributed by atoms with Gasteiger partial charge in [-0.25, -0.2) is 0 Å². The van der Waals surface area contributed by atoms with E-state index in [9.17, 15) is 8.42 Å². The molecule has 0 heterocycles. The van der Waals surface area contributed by atoms with E-state index >= 15 is 0 Å². The minimum Gasteiger partial charge on any atom is -0.387 e. The second kappa shape index (κ2) is 3.26. The molecule has 0 saturated heterocycles.